The minimum atomic E-state index is -0.0465. The molecule has 0 atom stereocenters. The Labute approximate surface area is 144 Å². The minimum absolute atomic E-state index is 0.0465. The average Bonchev–Trinajstić information content (AvgIpc) is 2.42. The zero-order valence-corrected chi connectivity index (χ0v) is 15.4. The van der Waals surface area contributed by atoms with Crippen LogP contribution >= 0.6 is 55.1 Å². The molecule has 0 aromatic heterocycles. The van der Waals surface area contributed by atoms with Gasteiger partial charge in [0.15, 0.2) is 5.78 Å². The van der Waals surface area contributed by atoms with Gasteiger partial charge < -0.3 is 0 Å². The van der Waals surface area contributed by atoms with Gasteiger partial charge in [-0.1, -0.05) is 23.2 Å². The van der Waals surface area contributed by atoms with Gasteiger partial charge in [0, 0.05) is 20.1 Å². The lowest BCUT2D eigenvalue weighted by Gasteiger charge is -2.11. The van der Waals surface area contributed by atoms with Gasteiger partial charge in [0.1, 0.15) is 0 Å². The molecule has 2 aromatic carbocycles. The van der Waals surface area contributed by atoms with Crippen molar-refractivity contribution < 1.29 is 4.79 Å². The van der Waals surface area contributed by atoms with E-state index in [9.17, 15) is 4.79 Å². The third-order valence-corrected chi connectivity index (χ3v) is 6.30. The third-order valence-electron chi connectivity index (χ3n) is 3.17. The zero-order valence-electron chi connectivity index (χ0n) is 10.7. The Morgan fingerprint density at radius 1 is 0.850 bits per heavy atom. The van der Waals surface area contributed by atoms with E-state index in [4.69, 9.17) is 23.2 Å². The van der Waals surface area contributed by atoms with Crippen LogP contribution in [0.4, 0.5) is 0 Å². The summed E-state index contributed by atoms with van der Waals surface area (Å²) in [6, 6.07) is 6.91. The molecule has 0 aliphatic rings. The molecule has 104 valence electrons. The van der Waals surface area contributed by atoms with Crippen molar-refractivity contribution >= 4 is 60.8 Å². The van der Waals surface area contributed by atoms with Crippen molar-refractivity contribution in [1.82, 2.24) is 0 Å². The Kier molecular flexibility index (Phi) is 4.96. The second-order valence-corrected chi connectivity index (χ2v) is 6.80. The molecule has 0 saturated carbocycles. The first-order chi connectivity index (χ1) is 9.34. The number of hydrogen-bond acceptors (Lipinski definition) is 1. The smallest absolute Gasteiger partial charge is 0.193 e. The van der Waals surface area contributed by atoms with Gasteiger partial charge in [0.05, 0.1) is 10.0 Å². The van der Waals surface area contributed by atoms with Crippen LogP contribution in [-0.4, -0.2) is 5.78 Å². The Morgan fingerprint density at radius 3 is 1.55 bits per heavy atom. The van der Waals surface area contributed by atoms with Crippen molar-refractivity contribution in [2.75, 3.05) is 0 Å². The number of carbonyl (C=O) groups excluding carboxylic acids is 1. The van der Waals surface area contributed by atoms with E-state index in [-0.39, 0.29) is 5.78 Å². The minimum Gasteiger partial charge on any atom is -0.289 e. The maximum absolute atomic E-state index is 12.7. The highest BCUT2D eigenvalue weighted by atomic mass is 79.9. The lowest BCUT2D eigenvalue weighted by atomic mass is 9.96. The molecular formula is C15H10Br2Cl2O. The molecule has 0 heterocycles. The van der Waals surface area contributed by atoms with Gasteiger partial charge in [-0.2, -0.15) is 0 Å². The molecule has 0 aliphatic heterocycles. The van der Waals surface area contributed by atoms with Crippen molar-refractivity contribution in [3.8, 4) is 0 Å². The molecule has 5 heteroatoms. The molecule has 0 amide bonds. The van der Waals surface area contributed by atoms with Crippen molar-refractivity contribution in [2.45, 2.75) is 13.8 Å². The Morgan fingerprint density at radius 2 is 1.20 bits per heavy atom. The van der Waals surface area contributed by atoms with Gasteiger partial charge in [0.25, 0.3) is 0 Å². The first-order valence-corrected chi connectivity index (χ1v) is 8.12. The molecule has 0 spiro atoms. The number of carbonyl (C=O) groups is 1. The van der Waals surface area contributed by atoms with Crippen LogP contribution in [0.1, 0.15) is 27.0 Å². The van der Waals surface area contributed by atoms with E-state index in [1.165, 1.54) is 0 Å². The van der Waals surface area contributed by atoms with Crippen LogP contribution in [0.5, 0.6) is 0 Å². The number of rotatable bonds is 2. The van der Waals surface area contributed by atoms with Crippen LogP contribution in [0.15, 0.2) is 33.2 Å². The molecule has 1 nitrogen and oxygen atoms in total. The van der Waals surface area contributed by atoms with Crippen molar-refractivity contribution in [3.05, 3.63) is 65.5 Å². The summed E-state index contributed by atoms with van der Waals surface area (Å²) < 4.78 is 1.49. The molecule has 0 N–H and O–H groups in total. The molecular weight excluding hydrogens is 427 g/mol. The topological polar surface area (TPSA) is 17.1 Å². The van der Waals surface area contributed by atoms with Crippen molar-refractivity contribution in [2.24, 2.45) is 0 Å². The maximum atomic E-state index is 12.7. The quantitative estimate of drug-likeness (QED) is 0.500. The third kappa shape index (κ3) is 2.82. The average molecular weight is 437 g/mol. The van der Waals surface area contributed by atoms with E-state index in [0.29, 0.717) is 21.2 Å². The molecule has 2 aromatic rings. The fourth-order valence-corrected chi connectivity index (χ4v) is 3.04. The van der Waals surface area contributed by atoms with E-state index >= 15 is 0 Å². The summed E-state index contributed by atoms with van der Waals surface area (Å²) in [4.78, 5) is 12.7. The van der Waals surface area contributed by atoms with Gasteiger partial charge in [-0.05, 0) is 81.1 Å². The Bertz CT molecular complexity index is 652. The number of halogens is 4. The second kappa shape index (κ2) is 6.18. The fraction of sp³-hybridized carbons (Fsp3) is 0.133. The van der Waals surface area contributed by atoms with Gasteiger partial charge >= 0.3 is 0 Å². The second-order valence-electron chi connectivity index (χ2n) is 4.40. The summed E-state index contributed by atoms with van der Waals surface area (Å²) in [7, 11) is 0. The van der Waals surface area contributed by atoms with E-state index < -0.39 is 0 Å². The summed E-state index contributed by atoms with van der Waals surface area (Å²) in [6.45, 7) is 3.73. The van der Waals surface area contributed by atoms with Crippen LogP contribution in [0.2, 0.25) is 10.0 Å². The molecule has 0 bridgehead atoms. The van der Waals surface area contributed by atoms with E-state index in [1.807, 2.05) is 13.8 Å². The molecule has 0 radical (unpaired) electrons. The van der Waals surface area contributed by atoms with Gasteiger partial charge in [-0.15, -0.1) is 0 Å². The predicted molar refractivity (Wildman–Crippen MR) is 91.2 cm³/mol. The largest absolute Gasteiger partial charge is 0.289 e. The molecule has 2 rings (SSSR count). The predicted octanol–water partition coefficient (Wildman–Crippen LogP) is 6.37. The summed E-state index contributed by atoms with van der Waals surface area (Å²) in [6.07, 6.45) is 0. The van der Waals surface area contributed by atoms with Gasteiger partial charge in [-0.3, -0.25) is 4.79 Å². The van der Waals surface area contributed by atoms with Crippen LogP contribution < -0.4 is 0 Å². The molecule has 0 aliphatic carbocycles. The summed E-state index contributed by atoms with van der Waals surface area (Å²) in [5.41, 5.74) is 2.90. The molecule has 0 saturated heterocycles. The Hall–Kier alpha value is -0.350. The maximum Gasteiger partial charge on any atom is 0.193 e. The highest BCUT2D eigenvalue weighted by Gasteiger charge is 2.18. The first kappa shape index (κ1) is 16.0. The summed E-state index contributed by atoms with van der Waals surface area (Å²) in [5.74, 6) is -0.0465. The van der Waals surface area contributed by atoms with Crippen LogP contribution in [0, 0.1) is 13.8 Å². The van der Waals surface area contributed by atoms with Gasteiger partial charge in [-0.25, -0.2) is 0 Å². The van der Waals surface area contributed by atoms with Crippen LogP contribution in [0.3, 0.4) is 0 Å². The van der Waals surface area contributed by atoms with Crippen molar-refractivity contribution in [3.63, 3.8) is 0 Å². The number of hydrogen-bond donors (Lipinski definition) is 0. The standard InChI is InChI=1S/C15H10Br2Cl2O/c1-7-9(3-5-11(18)13(7)16)15(20)10-4-6-12(19)14(17)8(10)2/h3-6H,1-2H3. The molecule has 0 unspecified atom stereocenters. The van der Waals surface area contributed by atoms with Crippen LogP contribution in [-0.2, 0) is 0 Å². The van der Waals surface area contributed by atoms with Crippen LogP contribution in [0.25, 0.3) is 0 Å². The summed E-state index contributed by atoms with van der Waals surface area (Å²) >= 11 is 18.9. The van der Waals surface area contributed by atoms with E-state index in [1.54, 1.807) is 24.3 Å². The van der Waals surface area contributed by atoms with Gasteiger partial charge in [0.2, 0.25) is 0 Å². The normalized spacial score (nSPS) is 10.7. The molecule has 20 heavy (non-hydrogen) atoms. The fourth-order valence-electron chi connectivity index (χ4n) is 1.94. The Balaban J connectivity index is 2.58. The first-order valence-electron chi connectivity index (χ1n) is 5.78. The monoisotopic (exact) mass is 434 g/mol. The summed E-state index contributed by atoms with van der Waals surface area (Å²) in [5, 5.41) is 1.18. The number of benzene rings is 2. The lowest BCUT2D eigenvalue weighted by Crippen LogP contribution is -2.07. The zero-order chi connectivity index (χ0) is 15.0. The van der Waals surface area contributed by atoms with E-state index in [0.717, 1.165) is 20.1 Å². The van der Waals surface area contributed by atoms with Crippen molar-refractivity contribution in [1.29, 1.82) is 0 Å². The lowest BCUT2D eigenvalue weighted by molar-refractivity contribution is 0.103. The highest BCUT2D eigenvalue weighted by molar-refractivity contribution is 9.11. The highest BCUT2D eigenvalue weighted by Crippen LogP contribution is 2.32. The number of ketones is 1. The SMILES string of the molecule is Cc1c(C(=O)c2ccc(Cl)c(Br)c2C)ccc(Cl)c1Br. The van der Waals surface area contributed by atoms with E-state index in [2.05, 4.69) is 31.9 Å². The molecule has 0 fully saturated rings.